The second-order valence-electron chi connectivity index (χ2n) is 7.88. The predicted molar refractivity (Wildman–Crippen MR) is 126 cm³/mol. The smallest absolute Gasteiger partial charge is 0.387 e. The average molecular weight is 482 g/mol. The molecule has 0 saturated heterocycles. The topological polar surface area (TPSA) is 77.2 Å². The number of hydrogen-bond donors (Lipinski definition) is 1. The van der Waals surface area contributed by atoms with Crippen molar-refractivity contribution in [3.63, 3.8) is 0 Å². The van der Waals surface area contributed by atoms with Gasteiger partial charge in [0.25, 0.3) is 0 Å². The zero-order valence-electron chi connectivity index (χ0n) is 18.6. The van der Waals surface area contributed by atoms with Crippen molar-refractivity contribution in [2.24, 2.45) is 0 Å². The molecule has 3 aromatic heterocycles. The molecule has 0 bridgehead atoms. The number of thioether (sulfide) groups is 1. The van der Waals surface area contributed by atoms with E-state index in [1.165, 1.54) is 23.9 Å². The second kappa shape index (κ2) is 8.60. The molecule has 1 N–H and O–H groups in total. The number of nitrogens with zero attached hydrogens (tertiary/aromatic N) is 4. The number of para-hydroxylation sites is 2. The highest BCUT2D eigenvalue weighted by Crippen LogP contribution is 2.30. The maximum Gasteiger partial charge on any atom is 0.387 e. The van der Waals surface area contributed by atoms with Crippen LogP contribution < -0.4 is 4.74 Å². The Balaban J connectivity index is 1.41. The van der Waals surface area contributed by atoms with E-state index in [4.69, 9.17) is 0 Å². The first-order valence-electron chi connectivity index (χ1n) is 10.6. The number of halogens is 2. The molecule has 10 heteroatoms. The molecule has 5 aromatic rings. The van der Waals surface area contributed by atoms with Crippen molar-refractivity contribution in [3.05, 3.63) is 71.5 Å². The molecule has 34 heavy (non-hydrogen) atoms. The highest BCUT2D eigenvalue weighted by atomic mass is 32.2. The number of ether oxygens (including phenoxy) is 1. The number of imidazole rings is 1. The number of aromatic amines is 1. The van der Waals surface area contributed by atoms with Crippen LogP contribution in [0.25, 0.3) is 22.5 Å². The van der Waals surface area contributed by atoms with E-state index in [9.17, 15) is 13.6 Å². The van der Waals surface area contributed by atoms with E-state index in [2.05, 4.69) is 19.9 Å². The van der Waals surface area contributed by atoms with Gasteiger partial charge >= 0.3 is 6.61 Å². The fourth-order valence-corrected chi connectivity index (χ4v) is 5.08. The normalized spacial score (nSPS) is 12.6. The van der Waals surface area contributed by atoms with Gasteiger partial charge in [-0.05, 0) is 63.2 Å². The van der Waals surface area contributed by atoms with E-state index in [1.54, 1.807) is 12.1 Å². The third kappa shape index (κ3) is 3.83. The van der Waals surface area contributed by atoms with Gasteiger partial charge in [-0.25, -0.2) is 10.1 Å². The predicted octanol–water partition coefficient (Wildman–Crippen LogP) is 5.58. The molecular weight excluding hydrogens is 460 g/mol. The number of aryl methyl sites for hydroxylation is 1. The van der Waals surface area contributed by atoms with Crippen molar-refractivity contribution in [3.8, 4) is 11.4 Å². The fourth-order valence-electron chi connectivity index (χ4n) is 4.14. The molecule has 3 heterocycles. The van der Waals surface area contributed by atoms with Crippen molar-refractivity contribution >= 4 is 34.4 Å². The molecule has 0 saturated carbocycles. The summed E-state index contributed by atoms with van der Waals surface area (Å²) in [6.45, 7) is 2.76. The number of H-pyrrole nitrogens is 1. The molecule has 1 unspecified atom stereocenters. The molecule has 5 rings (SSSR count). The number of fused-ring (bicyclic) bond motifs is 3. The Kier molecular flexibility index (Phi) is 5.60. The number of aromatic nitrogens is 5. The van der Waals surface area contributed by atoms with Gasteiger partial charge in [0.05, 0.1) is 16.3 Å². The molecule has 0 aliphatic rings. The van der Waals surface area contributed by atoms with Crippen LogP contribution in [0, 0.1) is 13.8 Å². The van der Waals surface area contributed by atoms with Gasteiger partial charge in [0, 0.05) is 22.6 Å². The lowest BCUT2D eigenvalue weighted by atomic mass is 10.1. The van der Waals surface area contributed by atoms with Gasteiger partial charge in [0.15, 0.2) is 10.9 Å². The maximum atomic E-state index is 13.4. The minimum absolute atomic E-state index is 0.0254. The molecule has 7 nitrogen and oxygen atoms in total. The number of Topliss-reactive ketones (excluding diaryl/α,β-unsaturated/α-hetero) is 1. The largest absolute Gasteiger partial charge is 0.435 e. The summed E-state index contributed by atoms with van der Waals surface area (Å²) in [6.07, 6.45) is 0. The standard InChI is InChI=1S/C24H21F2N5O2S/c1-13-12-18(14(2)30(13)16-8-10-17(11-9-16)33-22(25)26)21(32)15(3)34-24-29-28-23-27-19-6-4-5-7-20(19)31(23)24/h4-12,15,22H,1-3H3,(H,27,28). The highest BCUT2D eigenvalue weighted by molar-refractivity contribution is 8.00. The molecule has 2 aromatic carbocycles. The first kappa shape index (κ1) is 22.1. The Bertz CT molecular complexity index is 1500. The molecule has 0 aliphatic heterocycles. The summed E-state index contributed by atoms with van der Waals surface area (Å²) < 4.78 is 33.1. The summed E-state index contributed by atoms with van der Waals surface area (Å²) in [4.78, 5) is 17.9. The van der Waals surface area contributed by atoms with E-state index in [1.807, 2.05) is 60.1 Å². The zero-order valence-corrected chi connectivity index (χ0v) is 19.4. The van der Waals surface area contributed by atoms with E-state index in [0.717, 1.165) is 28.1 Å². The van der Waals surface area contributed by atoms with E-state index < -0.39 is 11.9 Å². The number of alkyl halides is 2. The lowest BCUT2D eigenvalue weighted by molar-refractivity contribution is -0.0498. The molecule has 0 spiro atoms. The van der Waals surface area contributed by atoms with Gasteiger partial charge in [-0.2, -0.15) is 8.78 Å². The van der Waals surface area contributed by atoms with Gasteiger partial charge in [-0.1, -0.05) is 23.9 Å². The van der Waals surface area contributed by atoms with E-state index in [-0.39, 0.29) is 11.5 Å². The van der Waals surface area contributed by atoms with Gasteiger partial charge in [0.2, 0.25) is 5.78 Å². The van der Waals surface area contributed by atoms with Gasteiger partial charge in [-0.15, -0.1) is 5.10 Å². The fraction of sp³-hybridized carbons (Fsp3) is 0.208. The SMILES string of the molecule is Cc1cc(C(=O)C(C)Sc2n[nH]c3nc4ccccc4n23)c(C)n1-c1ccc(OC(F)F)cc1. The maximum absolute atomic E-state index is 13.4. The van der Waals surface area contributed by atoms with Crippen molar-refractivity contribution < 1.29 is 18.3 Å². The summed E-state index contributed by atoms with van der Waals surface area (Å²) in [6, 6.07) is 16.0. The summed E-state index contributed by atoms with van der Waals surface area (Å²) >= 11 is 1.36. The van der Waals surface area contributed by atoms with Crippen molar-refractivity contribution in [1.29, 1.82) is 0 Å². The number of carbonyl (C=O) groups excluding carboxylic acids is 1. The van der Waals surface area contributed by atoms with Gasteiger partial charge < -0.3 is 9.30 Å². The van der Waals surface area contributed by atoms with Crippen LogP contribution in [0.3, 0.4) is 0 Å². The van der Waals surface area contributed by atoms with Crippen LogP contribution in [0.4, 0.5) is 8.78 Å². The average Bonchev–Trinajstić information content (AvgIpc) is 3.46. The van der Waals surface area contributed by atoms with Crippen LogP contribution in [0.1, 0.15) is 28.7 Å². The Morgan fingerprint density at radius 1 is 1.12 bits per heavy atom. The number of hydrogen-bond acceptors (Lipinski definition) is 5. The lowest BCUT2D eigenvalue weighted by Crippen LogP contribution is -2.15. The number of ketones is 1. The van der Waals surface area contributed by atoms with Crippen LogP contribution in [0.5, 0.6) is 5.75 Å². The molecular formula is C24H21F2N5O2S. The monoisotopic (exact) mass is 481 g/mol. The van der Waals surface area contributed by atoms with Crippen LogP contribution in [-0.4, -0.2) is 41.8 Å². The van der Waals surface area contributed by atoms with Crippen molar-refractivity contribution in [1.82, 2.24) is 24.1 Å². The Labute approximate surface area is 197 Å². The van der Waals surface area contributed by atoms with Gasteiger partial charge in [-0.3, -0.25) is 9.20 Å². The summed E-state index contributed by atoms with van der Waals surface area (Å²) in [5, 5.41) is 7.55. The highest BCUT2D eigenvalue weighted by Gasteiger charge is 2.24. The summed E-state index contributed by atoms with van der Waals surface area (Å²) in [5.74, 6) is 0.684. The quantitative estimate of drug-likeness (QED) is 0.242. The number of nitrogens with one attached hydrogen (secondary N) is 1. The van der Waals surface area contributed by atoms with Crippen LogP contribution in [-0.2, 0) is 0 Å². The number of benzene rings is 2. The van der Waals surface area contributed by atoms with Crippen molar-refractivity contribution in [2.45, 2.75) is 37.8 Å². The van der Waals surface area contributed by atoms with Gasteiger partial charge in [0.1, 0.15) is 5.75 Å². The Hall–Kier alpha value is -3.66. The molecule has 0 radical (unpaired) electrons. The first-order valence-corrected chi connectivity index (χ1v) is 11.5. The number of rotatable bonds is 7. The molecule has 174 valence electrons. The minimum Gasteiger partial charge on any atom is -0.435 e. The molecule has 0 fully saturated rings. The molecule has 0 aliphatic carbocycles. The zero-order chi connectivity index (χ0) is 24.0. The third-order valence-electron chi connectivity index (χ3n) is 5.67. The first-order chi connectivity index (χ1) is 16.3. The minimum atomic E-state index is -2.87. The Morgan fingerprint density at radius 3 is 2.59 bits per heavy atom. The Morgan fingerprint density at radius 2 is 1.85 bits per heavy atom. The molecule has 0 amide bonds. The van der Waals surface area contributed by atoms with E-state index in [0.29, 0.717) is 16.5 Å². The summed E-state index contributed by atoms with van der Waals surface area (Å²) in [7, 11) is 0. The lowest BCUT2D eigenvalue weighted by Gasteiger charge is -2.12. The molecule has 1 atom stereocenters. The number of carbonyl (C=O) groups is 1. The second-order valence-corrected chi connectivity index (χ2v) is 9.19. The van der Waals surface area contributed by atoms with E-state index >= 15 is 0 Å². The summed E-state index contributed by atoms with van der Waals surface area (Å²) in [5.41, 5.74) is 4.78. The van der Waals surface area contributed by atoms with Crippen molar-refractivity contribution in [2.75, 3.05) is 0 Å². The third-order valence-corrected chi connectivity index (χ3v) is 6.72. The van der Waals surface area contributed by atoms with Crippen LogP contribution >= 0.6 is 11.8 Å². The van der Waals surface area contributed by atoms with Crippen LogP contribution in [0.2, 0.25) is 0 Å². The van der Waals surface area contributed by atoms with Crippen LogP contribution in [0.15, 0.2) is 59.8 Å².